The molecule has 23 heavy (non-hydrogen) atoms. The van der Waals surface area contributed by atoms with Gasteiger partial charge >= 0.3 is 0 Å². The van der Waals surface area contributed by atoms with Gasteiger partial charge in [-0.1, -0.05) is 0 Å². The molecule has 5 nitrogen and oxygen atoms in total. The standard InChI is InChI=1S/C16H14FNO4S/c1-10-7-12(17)8-11(5-6-18)16(10)23(20,21)13-3-4-14(19)15(9-13)22-2/h3-4,7-9,19H,5H2,1-2H3. The Bertz CT molecular complexity index is 901. The number of methoxy groups -OCH3 is 1. The number of aromatic hydroxyl groups is 1. The zero-order valence-corrected chi connectivity index (χ0v) is 13.3. The number of hydrogen-bond donors (Lipinski definition) is 1. The molecule has 0 aliphatic heterocycles. The average Bonchev–Trinajstić information content (AvgIpc) is 2.46. The van der Waals surface area contributed by atoms with Gasteiger partial charge in [-0.3, -0.25) is 0 Å². The SMILES string of the molecule is COc1cc(S(=O)(=O)c2c(C)cc(F)cc2CC#N)ccc1O. The Morgan fingerprint density at radius 1 is 1.30 bits per heavy atom. The summed E-state index contributed by atoms with van der Waals surface area (Å²) < 4.78 is 44.2. The third kappa shape index (κ3) is 3.12. The second kappa shape index (κ2) is 6.26. The van der Waals surface area contributed by atoms with Gasteiger partial charge in [0.05, 0.1) is 29.4 Å². The summed E-state index contributed by atoms with van der Waals surface area (Å²) in [6.45, 7) is 1.47. The quantitative estimate of drug-likeness (QED) is 0.868. The minimum Gasteiger partial charge on any atom is -0.504 e. The number of nitriles is 1. The Kier molecular flexibility index (Phi) is 4.57. The van der Waals surface area contributed by atoms with Gasteiger partial charge in [-0.25, -0.2) is 12.8 Å². The molecule has 7 heteroatoms. The molecule has 0 unspecified atom stereocenters. The Labute approximate surface area is 133 Å². The summed E-state index contributed by atoms with van der Waals surface area (Å²) in [4.78, 5) is -0.214. The van der Waals surface area contributed by atoms with E-state index >= 15 is 0 Å². The Morgan fingerprint density at radius 2 is 2.00 bits per heavy atom. The number of hydrogen-bond acceptors (Lipinski definition) is 5. The molecule has 0 aliphatic carbocycles. The van der Waals surface area contributed by atoms with E-state index in [9.17, 15) is 17.9 Å². The van der Waals surface area contributed by atoms with Gasteiger partial charge in [0, 0.05) is 6.07 Å². The highest BCUT2D eigenvalue weighted by molar-refractivity contribution is 7.91. The van der Waals surface area contributed by atoms with Crippen molar-refractivity contribution in [3.63, 3.8) is 0 Å². The first-order chi connectivity index (χ1) is 10.8. The number of aryl methyl sites for hydroxylation is 1. The number of ether oxygens (including phenoxy) is 1. The first-order valence-electron chi connectivity index (χ1n) is 6.59. The summed E-state index contributed by atoms with van der Waals surface area (Å²) in [7, 11) is -2.70. The molecule has 0 aromatic heterocycles. The molecule has 0 fully saturated rings. The van der Waals surface area contributed by atoms with Crippen molar-refractivity contribution in [2.75, 3.05) is 7.11 Å². The van der Waals surface area contributed by atoms with Gasteiger partial charge in [-0.2, -0.15) is 5.26 Å². The number of rotatable bonds is 4. The molecule has 0 saturated carbocycles. The van der Waals surface area contributed by atoms with Crippen molar-refractivity contribution >= 4 is 9.84 Å². The second-order valence-electron chi connectivity index (χ2n) is 4.88. The molecule has 0 aliphatic rings. The van der Waals surface area contributed by atoms with E-state index in [-0.39, 0.29) is 38.8 Å². The number of phenols is 1. The van der Waals surface area contributed by atoms with E-state index in [1.165, 1.54) is 32.2 Å². The monoisotopic (exact) mass is 335 g/mol. The van der Waals surface area contributed by atoms with Crippen LogP contribution in [0.4, 0.5) is 4.39 Å². The summed E-state index contributed by atoms with van der Waals surface area (Å²) in [5.74, 6) is -0.790. The van der Waals surface area contributed by atoms with Crippen LogP contribution in [0.5, 0.6) is 11.5 Å². The first kappa shape index (κ1) is 16.8. The van der Waals surface area contributed by atoms with Crippen LogP contribution >= 0.6 is 0 Å². The molecular weight excluding hydrogens is 321 g/mol. The molecule has 0 amide bonds. The predicted molar refractivity (Wildman–Crippen MR) is 80.6 cm³/mol. The Morgan fingerprint density at radius 3 is 2.61 bits per heavy atom. The van der Waals surface area contributed by atoms with E-state index in [0.717, 1.165) is 12.1 Å². The Balaban J connectivity index is 2.72. The van der Waals surface area contributed by atoms with E-state index in [1.54, 1.807) is 0 Å². The minimum absolute atomic E-state index is 0.00710. The van der Waals surface area contributed by atoms with Crippen LogP contribution in [-0.4, -0.2) is 20.6 Å². The van der Waals surface area contributed by atoms with Gasteiger partial charge in [-0.15, -0.1) is 0 Å². The number of benzene rings is 2. The molecule has 120 valence electrons. The van der Waals surface area contributed by atoms with Crippen LogP contribution in [-0.2, 0) is 16.3 Å². The Hall–Kier alpha value is -2.59. The summed E-state index contributed by atoms with van der Waals surface area (Å²) in [5.41, 5.74) is 0.305. The fourth-order valence-corrected chi connectivity index (χ4v) is 4.05. The highest BCUT2D eigenvalue weighted by Gasteiger charge is 2.25. The van der Waals surface area contributed by atoms with E-state index < -0.39 is 15.7 Å². The second-order valence-corrected chi connectivity index (χ2v) is 6.77. The van der Waals surface area contributed by atoms with Gasteiger partial charge in [0.25, 0.3) is 0 Å². The van der Waals surface area contributed by atoms with E-state index in [2.05, 4.69) is 0 Å². The van der Waals surface area contributed by atoms with Crippen molar-refractivity contribution in [2.24, 2.45) is 0 Å². The number of sulfone groups is 1. The van der Waals surface area contributed by atoms with Gasteiger partial charge in [0.15, 0.2) is 11.5 Å². The van der Waals surface area contributed by atoms with Gasteiger partial charge in [0.2, 0.25) is 9.84 Å². The lowest BCUT2D eigenvalue weighted by Gasteiger charge is -2.13. The van der Waals surface area contributed by atoms with Crippen molar-refractivity contribution in [2.45, 2.75) is 23.1 Å². The van der Waals surface area contributed by atoms with Crippen LogP contribution in [0.25, 0.3) is 0 Å². The highest BCUT2D eigenvalue weighted by Crippen LogP contribution is 2.33. The van der Waals surface area contributed by atoms with Crippen LogP contribution in [0.1, 0.15) is 11.1 Å². The zero-order chi connectivity index (χ0) is 17.2. The molecule has 0 spiro atoms. The van der Waals surface area contributed by atoms with Crippen molar-refractivity contribution in [3.8, 4) is 17.6 Å². The molecule has 0 bridgehead atoms. The molecule has 2 rings (SSSR count). The molecule has 0 saturated heterocycles. The average molecular weight is 335 g/mol. The lowest BCUT2D eigenvalue weighted by molar-refractivity contribution is 0.372. The summed E-state index contributed by atoms with van der Waals surface area (Å²) in [6, 6.07) is 7.60. The van der Waals surface area contributed by atoms with E-state index in [4.69, 9.17) is 10.00 Å². The van der Waals surface area contributed by atoms with Crippen molar-refractivity contribution in [1.29, 1.82) is 5.26 Å². The third-order valence-electron chi connectivity index (χ3n) is 3.32. The largest absolute Gasteiger partial charge is 0.504 e. The first-order valence-corrected chi connectivity index (χ1v) is 8.07. The third-order valence-corrected chi connectivity index (χ3v) is 5.31. The minimum atomic E-state index is -4.00. The molecular formula is C16H14FNO4S. The summed E-state index contributed by atoms with van der Waals surface area (Å²) in [6.07, 6.45) is -0.234. The van der Waals surface area contributed by atoms with Crippen LogP contribution in [0.15, 0.2) is 40.1 Å². The fourth-order valence-electron chi connectivity index (χ4n) is 2.34. The number of halogens is 1. The molecule has 0 heterocycles. The molecule has 0 radical (unpaired) electrons. The van der Waals surface area contributed by atoms with Gasteiger partial charge in [0.1, 0.15) is 5.82 Å². The van der Waals surface area contributed by atoms with Crippen LogP contribution in [0.2, 0.25) is 0 Å². The molecule has 2 aromatic carbocycles. The van der Waals surface area contributed by atoms with Gasteiger partial charge < -0.3 is 9.84 Å². The maximum Gasteiger partial charge on any atom is 0.207 e. The zero-order valence-electron chi connectivity index (χ0n) is 12.5. The number of phenolic OH excluding ortho intramolecular Hbond substituents is 1. The molecule has 0 atom stereocenters. The maximum atomic E-state index is 13.5. The normalized spacial score (nSPS) is 11.0. The molecule has 1 N–H and O–H groups in total. The maximum absolute atomic E-state index is 13.5. The van der Waals surface area contributed by atoms with Crippen LogP contribution in [0, 0.1) is 24.1 Å². The lowest BCUT2D eigenvalue weighted by atomic mass is 10.1. The molecule has 2 aromatic rings. The summed E-state index contributed by atoms with van der Waals surface area (Å²) >= 11 is 0. The number of nitrogens with zero attached hydrogens (tertiary/aromatic N) is 1. The summed E-state index contributed by atoms with van der Waals surface area (Å²) in [5, 5.41) is 18.4. The smallest absolute Gasteiger partial charge is 0.207 e. The van der Waals surface area contributed by atoms with Crippen molar-refractivity contribution < 1.29 is 22.7 Å². The van der Waals surface area contributed by atoms with Crippen molar-refractivity contribution in [1.82, 2.24) is 0 Å². The van der Waals surface area contributed by atoms with Crippen LogP contribution in [0.3, 0.4) is 0 Å². The highest BCUT2D eigenvalue weighted by atomic mass is 32.2. The lowest BCUT2D eigenvalue weighted by Crippen LogP contribution is -2.09. The van der Waals surface area contributed by atoms with Crippen LogP contribution < -0.4 is 4.74 Å². The topological polar surface area (TPSA) is 87.4 Å². The fraction of sp³-hybridized carbons (Fsp3) is 0.188. The van der Waals surface area contributed by atoms with Gasteiger partial charge in [-0.05, 0) is 42.3 Å². The van der Waals surface area contributed by atoms with E-state index in [1.807, 2.05) is 6.07 Å². The predicted octanol–water partition coefficient (Wildman–Crippen LogP) is 2.75. The van der Waals surface area contributed by atoms with Crippen molar-refractivity contribution in [3.05, 3.63) is 47.3 Å². The van der Waals surface area contributed by atoms with E-state index in [0.29, 0.717) is 0 Å².